The van der Waals surface area contributed by atoms with Crippen LogP contribution in [0.25, 0.3) is 0 Å². The number of fused-ring (bicyclic) bond motifs is 1. The summed E-state index contributed by atoms with van der Waals surface area (Å²) in [4.78, 5) is 7.54. The quantitative estimate of drug-likeness (QED) is 0.847. The van der Waals surface area contributed by atoms with Crippen molar-refractivity contribution in [3.05, 3.63) is 22.9 Å². The van der Waals surface area contributed by atoms with Gasteiger partial charge < -0.3 is 10.6 Å². The first kappa shape index (κ1) is 15.2. The first-order valence-corrected chi connectivity index (χ1v) is 7.86. The minimum absolute atomic E-state index is 0.426. The summed E-state index contributed by atoms with van der Waals surface area (Å²) in [6.07, 6.45) is 4.50. The lowest BCUT2D eigenvalue weighted by Gasteiger charge is -2.29. The minimum atomic E-state index is 0.426. The molecule has 0 spiro atoms. The van der Waals surface area contributed by atoms with Crippen LogP contribution in [0.2, 0.25) is 0 Å². The fourth-order valence-electron chi connectivity index (χ4n) is 2.96. The van der Waals surface area contributed by atoms with Crippen LogP contribution in [0.4, 0.5) is 5.82 Å². The van der Waals surface area contributed by atoms with Crippen molar-refractivity contribution < 1.29 is 0 Å². The predicted octanol–water partition coefficient (Wildman–Crippen LogP) is 3.08. The Morgan fingerprint density at radius 3 is 2.70 bits per heavy atom. The minimum Gasteiger partial charge on any atom is -0.389 e. The Labute approximate surface area is 127 Å². The molecule has 110 valence electrons. The molecule has 1 aliphatic rings. The van der Waals surface area contributed by atoms with E-state index < -0.39 is 0 Å². The van der Waals surface area contributed by atoms with Crippen LogP contribution in [0, 0.1) is 5.92 Å². The van der Waals surface area contributed by atoms with Crippen LogP contribution in [-0.2, 0) is 12.8 Å². The normalized spacial score (nSPS) is 15.2. The first-order chi connectivity index (χ1) is 9.40. The Bertz CT molecular complexity index is 511. The summed E-state index contributed by atoms with van der Waals surface area (Å²) in [6, 6.07) is 2.58. The molecule has 0 amide bonds. The van der Waals surface area contributed by atoms with E-state index in [-0.39, 0.29) is 0 Å². The van der Waals surface area contributed by atoms with Gasteiger partial charge >= 0.3 is 0 Å². The molecular formula is C16H25N3S. The van der Waals surface area contributed by atoms with Gasteiger partial charge in [-0.3, -0.25) is 0 Å². The highest BCUT2D eigenvalue weighted by atomic mass is 32.1. The van der Waals surface area contributed by atoms with E-state index in [1.807, 2.05) is 0 Å². The predicted molar refractivity (Wildman–Crippen MR) is 89.5 cm³/mol. The third kappa shape index (κ3) is 3.11. The number of nitrogens with zero attached hydrogens (tertiary/aromatic N) is 2. The molecule has 3 nitrogen and oxygen atoms in total. The monoisotopic (exact) mass is 291 g/mol. The molecule has 0 saturated heterocycles. The van der Waals surface area contributed by atoms with Gasteiger partial charge in [0.2, 0.25) is 0 Å². The van der Waals surface area contributed by atoms with Crippen LogP contribution in [0.5, 0.6) is 0 Å². The molecule has 0 bridgehead atoms. The number of rotatable bonds is 5. The third-order valence-electron chi connectivity index (χ3n) is 4.10. The summed E-state index contributed by atoms with van der Waals surface area (Å²) in [6.45, 7) is 6.72. The van der Waals surface area contributed by atoms with Crippen LogP contribution in [0.1, 0.15) is 50.4 Å². The zero-order valence-corrected chi connectivity index (χ0v) is 13.8. The molecule has 0 saturated carbocycles. The second-order valence-corrected chi connectivity index (χ2v) is 6.71. The molecule has 0 aromatic carbocycles. The van der Waals surface area contributed by atoms with Gasteiger partial charge in [0.1, 0.15) is 10.8 Å². The maximum atomic E-state index is 5.91. The average molecular weight is 291 g/mol. The fourth-order valence-corrected chi connectivity index (χ4v) is 3.11. The second-order valence-electron chi connectivity index (χ2n) is 6.27. The molecule has 0 fully saturated rings. The number of aryl methyl sites for hydroxylation is 2. The van der Waals surface area contributed by atoms with Crippen LogP contribution >= 0.6 is 12.2 Å². The lowest BCUT2D eigenvalue weighted by Crippen LogP contribution is -2.33. The van der Waals surface area contributed by atoms with Crippen molar-refractivity contribution in [2.75, 3.05) is 11.9 Å². The molecule has 1 heterocycles. The summed E-state index contributed by atoms with van der Waals surface area (Å²) in [5, 5.41) is 0. The summed E-state index contributed by atoms with van der Waals surface area (Å²) < 4.78 is 0. The maximum absolute atomic E-state index is 5.91. The van der Waals surface area contributed by atoms with E-state index in [1.54, 1.807) is 0 Å². The molecule has 1 unspecified atom stereocenters. The lowest BCUT2D eigenvalue weighted by molar-refractivity contribution is 0.502. The van der Waals surface area contributed by atoms with Gasteiger partial charge in [-0.2, -0.15) is 0 Å². The van der Waals surface area contributed by atoms with E-state index in [9.17, 15) is 0 Å². The standard InChI is InChI=1S/C16H25N3S/c1-10(2)8-11(3)19(4)16-13(15(17)20)9-12-6-5-7-14(12)18-16/h9-11H,5-8H2,1-4H3,(H2,17,20). The van der Waals surface area contributed by atoms with E-state index in [1.165, 1.54) is 17.7 Å². The Hall–Kier alpha value is -1.16. The van der Waals surface area contributed by atoms with Gasteiger partial charge in [-0.05, 0) is 50.2 Å². The smallest absolute Gasteiger partial charge is 0.139 e. The molecule has 4 heteroatoms. The Morgan fingerprint density at radius 1 is 1.40 bits per heavy atom. The van der Waals surface area contributed by atoms with Crippen molar-refractivity contribution in [1.29, 1.82) is 0 Å². The highest BCUT2D eigenvalue weighted by Crippen LogP contribution is 2.28. The molecular weight excluding hydrogens is 266 g/mol. The zero-order valence-electron chi connectivity index (χ0n) is 12.9. The van der Waals surface area contributed by atoms with Gasteiger partial charge in [0.05, 0.1) is 5.56 Å². The Morgan fingerprint density at radius 2 is 2.10 bits per heavy atom. The number of aromatic nitrogens is 1. The fraction of sp³-hybridized carbons (Fsp3) is 0.625. The van der Waals surface area contributed by atoms with Gasteiger partial charge in [0.15, 0.2) is 0 Å². The Kier molecular flexibility index (Phi) is 4.63. The number of anilines is 1. The first-order valence-electron chi connectivity index (χ1n) is 7.45. The van der Waals surface area contributed by atoms with Crippen LogP contribution < -0.4 is 10.6 Å². The number of hydrogen-bond acceptors (Lipinski definition) is 3. The number of thiocarbonyl (C=S) groups is 1. The lowest BCUT2D eigenvalue weighted by atomic mass is 10.0. The molecule has 2 N–H and O–H groups in total. The summed E-state index contributed by atoms with van der Waals surface area (Å²) in [5.41, 5.74) is 9.39. The molecule has 1 aromatic rings. The van der Waals surface area contributed by atoms with E-state index >= 15 is 0 Å². The molecule has 0 aliphatic heterocycles. The zero-order chi connectivity index (χ0) is 14.9. The summed E-state index contributed by atoms with van der Waals surface area (Å²) >= 11 is 5.23. The summed E-state index contributed by atoms with van der Waals surface area (Å²) in [7, 11) is 2.10. The van der Waals surface area contributed by atoms with Crippen molar-refractivity contribution >= 4 is 23.0 Å². The van der Waals surface area contributed by atoms with Gasteiger partial charge in [0, 0.05) is 18.8 Å². The Balaban J connectivity index is 2.36. The van der Waals surface area contributed by atoms with Crippen molar-refractivity contribution in [3.8, 4) is 0 Å². The number of pyridine rings is 1. The van der Waals surface area contributed by atoms with Gasteiger partial charge in [0.25, 0.3) is 0 Å². The van der Waals surface area contributed by atoms with E-state index in [4.69, 9.17) is 22.9 Å². The van der Waals surface area contributed by atoms with Crippen LogP contribution in [-0.4, -0.2) is 23.1 Å². The molecule has 0 radical (unpaired) electrons. The van der Waals surface area contributed by atoms with Crippen molar-refractivity contribution in [2.45, 2.75) is 52.5 Å². The maximum Gasteiger partial charge on any atom is 0.139 e. The van der Waals surface area contributed by atoms with Crippen LogP contribution in [0.15, 0.2) is 6.07 Å². The molecule has 1 aromatic heterocycles. The van der Waals surface area contributed by atoms with E-state index in [2.05, 4.69) is 38.8 Å². The highest BCUT2D eigenvalue weighted by Gasteiger charge is 2.22. The SMILES string of the molecule is CC(C)CC(C)N(C)c1nc2c(cc1C(N)=S)CCC2. The molecule has 2 rings (SSSR count). The molecule has 1 aliphatic carbocycles. The van der Waals surface area contributed by atoms with Crippen molar-refractivity contribution in [2.24, 2.45) is 11.7 Å². The number of hydrogen-bond donors (Lipinski definition) is 1. The summed E-state index contributed by atoms with van der Waals surface area (Å²) in [5.74, 6) is 1.61. The van der Waals surface area contributed by atoms with Gasteiger partial charge in [-0.1, -0.05) is 26.1 Å². The van der Waals surface area contributed by atoms with E-state index in [0.717, 1.165) is 30.6 Å². The van der Waals surface area contributed by atoms with Gasteiger partial charge in [-0.25, -0.2) is 4.98 Å². The molecule has 1 atom stereocenters. The number of nitrogens with two attached hydrogens (primary N) is 1. The highest BCUT2D eigenvalue weighted by molar-refractivity contribution is 7.80. The topological polar surface area (TPSA) is 42.2 Å². The largest absolute Gasteiger partial charge is 0.389 e. The average Bonchev–Trinajstić information content (AvgIpc) is 2.82. The van der Waals surface area contributed by atoms with Gasteiger partial charge in [-0.15, -0.1) is 0 Å². The van der Waals surface area contributed by atoms with Crippen LogP contribution in [0.3, 0.4) is 0 Å². The third-order valence-corrected chi connectivity index (χ3v) is 4.32. The second kappa shape index (κ2) is 6.08. The van der Waals surface area contributed by atoms with Crippen molar-refractivity contribution in [1.82, 2.24) is 4.98 Å². The van der Waals surface area contributed by atoms with Crippen molar-refractivity contribution in [3.63, 3.8) is 0 Å². The van der Waals surface area contributed by atoms with E-state index in [0.29, 0.717) is 16.9 Å². The molecule has 20 heavy (non-hydrogen) atoms.